The molecule has 1 aliphatic carbocycles. The van der Waals surface area contributed by atoms with Gasteiger partial charge in [0.25, 0.3) is 0 Å². The van der Waals surface area contributed by atoms with Gasteiger partial charge in [-0.05, 0) is 30.8 Å². The molecule has 1 saturated carbocycles. The molecule has 0 saturated heterocycles. The molecule has 2 nitrogen and oxygen atoms in total. The number of nitrogens with one attached hydrogen (secondary N) is 1. The van der Waals surface area contributed by atoms with Gasteiger partial charge in [0.2, 0.25) is 0 Å². The summed E-state index contributed by atoms with van der Waals surface area (Å²) in [6.07, 6.45) is 4.28. The van der Waals surface area contributed by atoms with E-state index in [4.69, 9.17) is 5.73 Å². The highest BCUT2D eigenvalue weighted by atomic mass is 14.9. The van der Waals surface area contributed by atoms with E-state index in [2.05, 4.69) is 19.2 Å². The average molecular weight is 170 g/mol. The number of rotatable bonds is 6. The third kappa shape index (κ3) is 4.07. The molecule has 72 valence electrons. The van der Waals surface area contributed by atoms with Crippen molar-refractivity contribution >= 4 is 0 Å². The fourth-order valence-electron chi connectivity index (χ4n) is 1.21. The Bertz CT molecular complexity index is 128. The van der Waals surface area contributed by atoms with Crippen molar-refractivity contribution in [3.63, 3.8) is 0 Å². The standard InChI is InChI=1S/C10H22N2/c1-10(2,7-11)8-12-6-5-9-3-4-9/h9,12H,3-8,11H2,1-2H3. The van der Waals surface area contributed by atoms with Crippen molar-refractivity contribution in [2.75, 3.05) is 19.6 Å². The zero-order valence-electron chi connectivity index (χ0n) is 8.40. The Morgan fingerprint density at radius 2 is 2.08 bits per heavy atom. The molecule has 0 spiro atoms. The van der Waals surface area contributed by atoms with E-state index in [1.165, 1.54) is 25.8 Å². The second-order valence-corrected chi connectivity index (χ2v) is 4.78. The lowest BCUT2D eigenvalue weighted by Gasteiger charge is -2.22. The van der Waals surface area contributed by atoms with E-state index in [0.29, 0.717) is 0 Å². The molecule has 0 aromatic rings. The van der Waals surface area contributed by atoms with Gasteiger partial charge in [-0.15, -0.1) is 0 Å². The molecule has 1 aliphatic rings. The van der Waals surface area contributed by atoms with Crippen molar-refractivity contribution in [1.29, 1.82) is 0 Å². The summed E-state index contributed by atoms with van der Waals surface area (Å²) in [6, 6.07) is 0. The van der Waals surface area contributed by atoms with Crippen molar-refractivity contribution in [3.05, 3.63) is 0 Å². The van der Waals surface area contributed by atoms with Crippen LogP contribution < -0.4 is 11.1 Å². The minimum Gasteiger partial charge on any atom is -0.330 e. The molecule has 0 heterocycles. The minimum absolute atomic E-state index is 0.267. The van der Waals surface area contributed by atoms with Crippen LogP contribution in [0, 0.1) is 11.3 Å². The van der Waals surface area contributed by atoms with Crippen LogP contribution in [0.5, 0.6) is 0 Å². The summed E-state index contributed by atoms with van der Waals surface area (Å²) in [4.78, 5) is 0. The highest BCUT2D eigenvalue weighted by Crippen LogP contribution is 2.31. The van der Waals surface area contributed by atoms with Crippen molar-refractivity contribution in [2.24, 2.45) is 17.1 Å². The summed E-state index contributed by atoms with van der Waals surface area (Å²) in [7, 11) is 0. The fraction of sp³-hybridized carbons (Fsp3) is 1.00. The van der Waals surface area contributed by atoms with E-state index in [1.807, 2.05) is 0 Å². The zero-order chi connectivity index (χ0) is 9.03. The molecule has 0 aromatic carbocycles. The third-order valence-electron chi connectivity index (χ3n) is 2.58. The fourth-order valence-corrected chi connectivity index (χ4v) is 1.21. The van der Waals surface area contributed by atoms with Gasteiger partial charge in [-0.3, -0.25) is 0 Å². The first-order chi connectivity index (χ1) is 5.64. The summed E-state index contributed by atoms with van der Waals surface area (Å²) in [5.41, 5.74) is 5.89. The van der Waals surface area contributed by atoms with Crippen LogP contribution in [0.3, 0.4) is 0 Å². The second kappa shape index (κ2) is 4.24. The molecule has 0 atom stereocenters. The van der Waals surface area contributed by atoms with Crippen LogP contribution in [-0.2, 0) is 0 Å². The minimum atomic E-state index is 0.267. The number of nitrogens with two attached hydrogens (primary N) is 1. The van der Waals surface area contributed by atoms with Crippen molar-refractivity contribution in [2.45, 2.75) is 33.1 Å². The maximum atomic E-state index is 5.62. The molecule has 12 heavy (non-hydrogen) atoms. The Kier molecular flexibility index (Phi) is 3.53. The van der Waals surface area contributed by atoms with E-state index in [-0.39, 0.29) is 5.41 Å². The molecule has 0 aromatic heterocycles. The van der Waals surface area contributed by atoms with Gasteiger partial charge in [0, 0.05) is 6.54 Å². The molecule has 3 N–H and O–H groups in total. The summed E-state index contributed by atoms with van der Waals surface area (Å²) >= 11 is 0. The molecule has 0 amide bonds. The zero-order valence-corrected chi connectivity index (χ0v) is 8.40. The monoisotopic (exact) mass is 170 g/mol. The van der Waals surface area contributed by atoms with Crippen LogP contribution in [-0.4, -0.2) is 19.6 Å². The van der Waals surface area contributed by atoms with Gasteiger partial charge in [-0.25, -0.2) is 0 Å². The van der Waals surface area contributed by atoms with E-state index >= 15 is 0 Å². The van der Waals surface area contributed by atoms with E-state index in [0.717, 1.165) is 19.0 Å². The van der Waals surface area contributed by atoms with Gasteiger partial charge in [0.15, 0.2) is 0 Å². The van der Waals surface area contributed by atoms with Gasteiger partial charge < -0.3 is 11.1 Å². The summed E-state index contributed by atoms with van der Waals surface area (Å²) in [6.45, 7) is 7.40. The van der Waals surface area contributed by atoms with Crippen LogP contribution in [0.1, 0.15) is 33.1 Å². The van der Waals surface area contributed by atoms with Crippen molar-refractivity contribution in [1.82, 2.24) is 5.32 Å². The molecule has 2 heteroatoms. The van der Waals surface area contributed by atoms with Gasteiger partial charge in [0.1, 0.15) is 0 Å². The molecular formula is C10H22N2. The topological polar surface area (TPSA) is 38.0 Å². The van der Waals surface area contributed by atoms with E-state index in [9.17, 15) is 0 Å². The SMILES string of the molecule is CC(C)(CN)CNCCC1CC1. The maximum absolute atomic E-state index is 5.62. The Morgan fingerprint density at radius 3 is 2.58 bits per heavy atom. The molecular weight excluding hydrogens is 148 g/mol. The lowest BCUT2D eigenvalue weighted by atomic mass is 9.94. The normalized spacial score (nSPS) is 18.2. The summed E-state index contributed by atoms with van der Waals surface area (Å²) in [5, 5.41) is 3.47. The first-order valence-electron chi connectivity index (χ1n) is 5.05. The molecule has 0 aliphatic heterocycles. The first kappa shape index (κ1) is 10.0. The Morgan fingerprint density at radius 1 is 1.42 bits per heavy atom. The largest absolute Gasteiger partial charge is 0.330 e. The lowest BCUT2D eigenvalue weighted by Crippen LogP contribution is -2.35. The quantitative estimate of drug-likeness (QED) is 0.591. The highest BCUT2D eigenvalue weighted by Gasteiger charge is 2.20. The van der Waals surface area contributed by atoms with Gasteiger partial charge in [-0.2, -0.15) is 0 Å². The van der Waals surface area contributed by atoms with Crippen molar-refractivity contribution < 1.29 is 0 Å². The molecule has 0 radical (unpaired) electrons. The summed E-state index contributed by atoms with van der Waals surface area (Å²) in [5.74, 6) is 1.04. The Labute approximate surface area is 75.9 Å². The predicted octanol–water partition coefficient (Wildman–Crippen LogP) is 1.36. The van der Waals surface area contributed by atoms with Crippen LogP contribution in [0.4, 0.5) is 0 Å². The van der Waals surface area contributed by atoms with Crippen LogP contribution in [0.15, 0.2) is 0 Å². The smallest absolute Gasteiger partial charge is 0.00146 e. The molecule has 0 bridgehead atoms. The van der Waals surface area contributed by atoms with Gasteiger partial charge in [-0.1, -0.05) is 26.7 Å². The number of hydrogen-bond donors (Lipinski definition) is 2. The van der Waals surface area contributed by atoms with E-state index in [1.54, 1.807) is 0 Å². The highest BCUT2D eigenvalue weighted by molar-refractivity contribution is 4.76. The van der Waals surface area contributed by atoms with Crippen LogP contribution >= 0.6 is 0 Å². The van der Waals surface area contributed by atoms with Gasteiger partial charge in [0.05, 0.1) is 0 Å². The summed E-state index contributed by atoms with van der Waals surface area (Å²) < 4.78 is 0. The number of hydrogen-bond acceptors (Lipinski definition) is 2. The molecule has 1 fully saturated rings. The van der Waals surface area contributed by atoms with Crippen molar-refractivity contribution in [3.8, 4) is 0 Å². The Balaban J connectivity index is 1.92. The van der Waals surface area contributed by atoms with E-state index < -0.39 is 0 Å². The second-order valence-electron chi connectivity index (χ2n) is 4.78. The maximum Gasteiger partial charge on any atom is 0.00146 e. The average Bonchev–Trinajstić information content (AvgIpc) is 2.82. The Hall–Kier alpha value is -0.0800. The first-order valence-corrected chi connectivity index (χ1v) is 5.05. The van der Waals surface area contributed by atoms with Gasteiger partial charge >= 0.3 is 0 Å². The van der Waals surface area contributed by atoms with Crippen LogP contribution in [0.25, 0.3) is 0 Å². The predicted molar refractivity (Wildman–Crippen MR) is 53.0 cm³/mol. The van der Waals surface area contributed by atoms with Crippen LogP contribution in [0.2, 0.25) is 0 Å². The molecule has 1 rings (SSSR count). The lowest BCUT2D eigenvalue weighted by molar-refractivity contribution is 0.350. The molecule has 0 unspecified atom stereocenters. The third-order valence-corrected chi connectivity index (χ3v) is 2.58.